The first-order chi connectivity index (χ1) is 14.6. The van der Waals surface area contributed by atoms with Crippen LogP contribution in [0.4, 0.5) is 10.2 Å². The summed E-state index contributed by atoms with van der Waals surface area (Å²) in [6.45, 7) is 3.97. The molecular formula is C21H25FN8. The van der Waals surface area contributed by atoms with Crippen LogP contribution in [0.3, 0.4) is 0 Å². The van der Waals surface area contributed by atoms with Gasteiger partial charge < -0.3 is 15.5 Å². The zero-order valence-electron chi connectivity index (χ0n) is 17.1. The molecule has 30 heavy (non-hydrogen) atoms. The number of rotatable bonds is 5. The minimum atomic E-state index is -0.289. The second-order valence-electron chi connectivity index (χ2n) is 7.18. The molecule has 0 aliphatic carbocycles. The summed E-state index contributed by atoms with van der Waals surface area (Å²) in [6.07, 6.45) is 8.00. The minimum absolute atomic E-state index is 0.169. The fourth-order valence-corrected chi connectivity index (χ4v) is 3.54. The molecular weight excluding hydrogens is 383 g/mol. The van der Waals surface area contributed by atoms with Gasteiger partial charge in [-0.1, -0.05) is 6.07 Å². The Kier molecular flexibility index (Phi) is 5.87. The molecule has 1 unspecified atom stereocenters. The Balaban J connectivity index is 1.30. The van der Waals surface area contributed by atoms with Gasteiger partial charge in [-0.3, -0.25) is 9.56 Å². The highest BCUT2D eigenvalue weighted by atomic mass is 19.1. The number of pyridine rings is 2. The standard InChI is InChI=1S/C21H25FN8/c1-15-24-9-11-30(15)19-6-5-16(12-26-19)13-27-21(23-2)28-17-7-10-29(14-17)20-18(22)4-3-8-25-20/h3-6,8-9,11-12,17H,7,10,13-14H2,1-2H3,(H2,23,27,28). The number of nitrogens with zero attached hydrogens (tertiary/aromatic N) is 6. The number of aryl methyl sites for hydroxylation is 1. The number of nitrogens with one attached hydrogen (secondary N) is 2. The molecule has 1 aliphatic rings. The van der Waals surface area contributed by atoms with E-state index in [4.69, 9.17) is 0 Å². The van der Waals surface area contributed by atoms with E-state index in [0.29, 0.717) is 24.9 Å². The third-order valence-electron chi connectivity index (χ3n) is 5.13. The molecule has 0 bridgehead atoms. The molecule has 1 saturated heterocycles. The van der Waals surface area contributed by atoms with Crippen LogP contribution in [-0.2, 0) is 6.54 Å². The van der Waals surface area contributed by atoms with Gasteiger partial charge >= 0.3 is 0 Å². The van der Waals surface area contributed by atoms with E-state index in [1.165, 1.54) is 6.07 Å². The maximum atomic E-state index is 14.0. The number of halogens is 1. The molecule has 1 aliphatic heterocycles. The van der Waals surface area contributed by atoms with Crippen molar-refractivity contribution in [3.05, 3.63) is 66.3 Å². The lowest BCUT2D eigenvalue weighted by Gasteiger charge is -2.20. The number of imidazole rings is 1. The summed E-state index contributed by atoms with van der Waals surface area (Å²) in [5, 5.41) is 6.73. The first-order valence-corrected chi connectivity index (χ1v) is 9.92. The van der Waals surface area contributed by atoms with Crippen LogP contribution in [-0.4, -0.2) is 51.7 Å². The van der Waals surface area contributed by atoms with Crippen LogP contribution in [0.2, 0.25) is 0 Å². The molecule has 3 aromatic heterocycles. The molecule has 3 aromatic rings. The summed E-state index contributed by atoms with van der Waals surface area (Å²) in [7, 11) is 1.74. The summed E-state index contributed by atoms with van der Waals surface area (Å²) in [6, 6.07) is 7.22. The Morgan fingerprint density at radius 2 is 2.13 bits per heavy atom. The van der Waals surface area contributed by atoms with E-state index >= 15 is 0 Å². The van der Waals surface area contributed by atoms with Crippen LogP contribution in [0.5, 0.6) is 0 Å². The van der Waals surface area contributed by atoms with Gasteiger partial charge in [-0.2, -0.15) is 0 Å². The Labute approximate surface area is 174 Å². The Bertz CT molecular complexity index is 1010. The molecule has 156 valence electrons. The Morgan fingerprint density at radius 1 is 1.23 bits per heavy atom. The van der Waals surface area contributed by atoms with E-state index in [2.05, 4.69) is 30.6 Å². The highest BCUT2D eigenvalue weighted by molar-refractivity contribution is 5.80. The van der Waals surface area contributed by atoms with Crippen molar-refractivity contribution in [1.29, 1.82) is 0 Å². The summed E-state index contributed by atoms with van der Waals surface area (Å²) in [5.74, 6) is 2.56. The topological polar surface area (TPSA) is 83.3 Å². The van der Waals surface area contributed by atoms with Gasteiger partial charge in [0.2, 0.25) is 0 Å². The molecule has 9 heteroatoms. The van der Waals surface area contributed by atoms with E-state index in [1.807, 2.05) is 40.9 Å². The first kappa shape index (κ1) is 19.8. The predicted octanol–water partition coefficient (Wildman–Crippen LogP) is 2.05. The molecule has 0 spiro atoms. The third-order valence-corrected chi connectivity index (χ3v) is 5.13. The molecule has 2 N–H and O–H groups in total. The largest absolute Gasteiger partial charge is 0.352 e. The predicted molar refractivity (Wildman–Crippen MR) is 114 cm³/mol. The van der Waals surface area contributed by atoms with Crippen LogP contribution in [0, 0.1) is 12.7 Å². The van der Waals surface area contributed by atoms with Gasteiger partial charge in [-0.05, 0) is 37.1 Å². The SMILES string of the molecule is CN=C(NCc1ccc(-n2ccnc2C)nc1)NC1CCN(c2ncccc2F)C1. The van der Waals surface area contributed by atoms with Crippen molar-refractivity contribution >= 4 is 11.8 Å². The highest BCUT2D eigenvalue weighted by Crippen LogP contribution is 2.20. The number of anilines is 1. The molecule has 4 rings (SSSR count). The second kappa shape index (κ2) is 8.89. The zero-order chi connectivity index (χ0) is 20.9. The van der Waals surface area contributed by atoms with Crippen LogP contribution < -0.4 is 15.5 Å². The number of aromatic nitrogens is 4. The maximum absolute atomic E-state index is 14.0. The van der Waals surface area contributed by atoms with Gasteiger partial charge in [-0.15, -0.1) is 0 Å². The highest BCUT2D eigenvalue weighted by Gasteiger charge is 2.25. The van der Waals surface area contributed by atoms with Crippen LogP contribution >= 0.6 is 0 Å². The van der Waals surface area contributed by atoms with E-state index in [-0.39, 0.29) is 11.9 Å². The van der Waals surface area contributed by atoms with Crippen molar-refractivity contribution in [3.63, 3.8) is 0 Å². The molecule has 8 nitrogen and oxygen atoms in total. The summed E-state index contributed by atoms with van der Waals surface area (Å²) in [5.41, 5.74) is 1.04. The van der Waals surface area contributed by atoms with E-state index in [1.54, 1.807) is 25.5 Å². The smallest absolute Gasteiger partial charge is 0.191 e. The average molecular weight is 408 g/mol. The van der Waals surface area contributed by atoms with Crippen molar-refractivity contribution in [2.75, 3.05) is 25.0 Å². The van der Waals surface area contributed by atoms with Gasteiger partial charge in [0.15, 0.2) is 17.6 Å². The Morgan fingerprint density at radius 3 is 2.83 bits per heavy atom. The van der Waals surface area contributed by atoms with Crippen molar-refractivity contribution in [1.82, 2.24) is 30.2 Å². The van der Waals surface area contributed by atoms with Crippen molar-refractivity contribution in [2.45, 2.75) is 25.9 Å². The number of aliphatic imine (C=N–C) groups is 1. The fraction of sp³-hybridized carbons (Fsp3) is 0.333. The molecule has 4 heterocycles. The van der Waals surface area contributed by atoms with Crippen molar-refractivity contribution in [2.24, 2.45) is 4.99 Å². The van der Waals surface area contributed by atoms with Crippen molar-refractivity contribution < 1.29 is 4.39 Å². The number of hydrogen-bond acceptors (Lipinski definition) is 5. The molecule has 0 radical (unpaired) electrons. The van der Waals surface area contributed by atoms with Crippen molar-refractivity contribution in [3.8, 4) is 5.82 Å². The number of guanidine groups is 1. The van der Waals surface area contributed by atoms with Crippen LogP contribution in [0.25, 0.3) is 5.82 Å². The minimum Gasteiger partial charge on any atom is -0.352 e. The lowest BCUT2D eigenvalue weighted by molar-refractivity contribution is 0.612. The van der Waals surface area contributed by atoms with Gasteiger partial charge in [0.25, 0.3) is 0 Å². The van der Waals surface area contributed by atoms with E-state index < -0.39 is 0 Å². The molecule has 1 fully saturated rings. The van der Waals surface area contributed by atoms with E-state index in [9.17, 15) is 4.39 Å². The summed E-state index contributed by atoms with van der Waals surface area (Å²) < 4.78 is 15.9. The van der Waals surface area contributed by atoms with Gasteiger partial charge in [0.1, 0.15) is 11.6 Å². The Hall–Kier alpha value is -3.49. The van der Waals surface area contributed by atoms with Crippen LogP contribution in [0.1, 0.15) is 17.8 Å². The normalized spacial score (nSPS) is 16.7. The molecule has 0 aromatic carbocycles. The lowest BCUT2D eigenvalue weighted by atomic mass is 10.2. The van der Waals surface area contributed by atoms with Gasteiger partial charge in [0, 0.05) is 57.5 Å². The van der Waals surface area contributed by atoms with Gasteiger partial charge in [0.05, 0.1) is 0 Å². The van der Waals surface area contributed by atoms with Gasteiger partial charge in [-0.25, -0.2) is 19.3 Å². The molecule has 1 atom stereocenters. The summed E-state index contributed by atoms with van der Waals surface area (Å²) >= 11 is 0. The molecule has 0 amide bonds. The summed E-state index contributed by atoms with van der Waals surface area (Å²) in [4.78, 5) is 19.2. The zero-order valence-corrected chi connectivity index (χ0v) is 17.1. The lowest BCUT2D eigenvalue weighted by Crippen LogP contribution is -2.44. The monoisotopic (exact) mass is 408 g/mol. The van der Waals surface area contributed by atoms with Crippen LogP contribution in [0.15, 0.2) is 54.0 Å². The number of hydrogen-bond donors (Lipinski definition) is 2. The second-order valence-corrected chi connectivity index (χ2v) is 7.18. The molecule has 0 saturated carbocycles. The average Bonchev–Trinajstić information content (AvgIpc) is 3.41. The quantitative estimate of drug-likeness (QED) is 0.497. The fourth-order valence-electron chi connectivity index (χ4n) is 3.54. The maximum Gasteiger partial charge on any atom is 0.191 e. The van der Waals surface area contributed by atoms with E-state index in [0.717, 1.165) is 30.2 Å². The first-order valence-electron chi connectivity index (χ1n) is 9.92. The third kappa shape index (κ3) is 4.40.